The first-order valence-electron chi connectivity index (χ1n) is 6.96. The van der Waals surface area contributed by atoms with E-state index < -0.39 is 0 Å². The molecule has 0 atom stereocenters. The minimum Gasteiger partial charge on any atom is -0.381 e. The van der Waals surface area contributed by atoms with Gasteiger partial charge in [-0.25, -0.2) is 0 Å². The van der Waals surface area contributed by atoms with E-state index in [0.29, 0.717) is 6.73 Å². The minimum atomic E-state index is 0.171. The van der Waals surface area contributed by atoms with Gasteiger partial charge in [-0.2, -0.15) is 0 Å². The first kappa shape index (κ1) is 15.9. The molecule has 0 aromatic rings. The Balaban J connectivity index is 1.99. The molecular weight excluding hydrogens is 230 g/mol. The third-order valence-corrected chi connectivity index (χ3v) is 3.67. The third kappa shape index (κ3) is 6.11. The van der Waals surface area contributed by atoms with Gasteiger partial charge in [0.1, 0.15) is 0 Å². The molecule has 0 unspecified atom stereocenters. The van der Waals surface area contributed by atoms with Gasteiger partial charge in [0.15, 0.2) is 0 Å². The van der Waals surface area contributed by atoms with Gasteiger partial charge in [0.25, 0.3) is 0 Å². The number of nitrogens with one attached hydrogen (secondary N) is 1. The normalized spacial score (nSPS) is 19.3. The summed E-state index contributed by atoms with van der Waals surface area (Å²) in [6.07, 6.45) is 1.12. The van der Waals surface area contributed by atoms with Crippen LogP contribution in [0.2, 0.25) is 0 Å². The van der Waals surface area contributed by atoms with E-state index in [2.05, 4.69) is 31.0 Å². The summed E-state index contributed by atoms with van der Waals surface area (Å²) in [4.78, 5) is 4.33. The van der Waals surface area contributed by atoms with Gasteiger partial charge in [-0.05, 0) is 20.3 Å². The van der Waals surface area contributed by atoms with Crippen molar-refractivity contribution in [3.63, 3.8) is 0 Å². The molecule has 2 N–H and O–H groups in total. The van der Waals surface area contributed by atoms with E-state index in [9.17, 15) is 0 Å². The van der Waals surface area contributed by atoms with Crippen LogP contribution in [-0.4, -0.2) is 73.2 Å². The fraction of sp³-hybridized carbons (Fsp3) is 1.00. The van der Waals surface area contributed by atoms with E-state index in [-0.39, 0.29) is 12.3 Å². The zero-order valence-electron chi connectivity index (χ0n) is 12.1. The number of aliphatic hydroxyl groups excluding tert-OH is 1. The molecule has 1 aliphatic rings. The van der Waals surface area contributed by atoms with Crippen LogP contribution in [0.5, 0.6) is 0 Å². The Morgan fingerprint density at radius 2 is 1.78 bits per heavy atom. The molecule has 1 aliphatic heterocycles. The molecule has 1 rings (SSSR count). The van der Waals surface area contributed by atoms with Gasteiger partial charge < -0.3 is 15.2 Å². The van der Waals surface area contributed by atoms with E-state index in [0.717, 1.165) is 45.8 Å². The Bertz CT molecular complexity index is 216. The molecule has 0 spiro atoms. The maximum absolute atomic E-state index is 8.99. The van der Waals surface area contributed by atoms with E-state index in [1.165, 1.54) is 0 Å². The predicted octanol–water partition coefficient (Wildman–Crippen LogP) is 0.306. The summed E-state index contributed by atoms with van der Waals surface area (Å²) in [5, 5.41) is 12.5. The summed E-state index contributed by atoms with van der Waals surface area (Å²) >= 11 is 0. The standard InChI is InChI=1S/C13H29N3O2/c1-4-13(2,3)14-5-10-18-12-16-8-6-15(11-17)7-9-16/h14,17H,4-12H2,1-3H3. The van der Waals surface area contributed by atoms with Crippen molar-refractivity contribution in [3.05, 3.63) is 0 Å². The van der Waals surface area contributed by atoms with E-state index in [1.807, 2.05) is 4.90 Å². The summed E-state index contributed by atoms with van der Waals surface area (Å²) in [5.41, 5.74) is 0.204. The van der Waals surface area contributed by atoms with Crippen LogP contribution in [0.4, 0.5) is 0 Å². The number of rotatable bonds is 8. The zero-order valence-corrected chi connectivity index (χ0v) is 12.1. The predicted molar refractivity (Wildman–Crippen MR) is 73.4 cm³/mol. The van der Waals surface area contributed by atoms with Crippen molar-refractivity contribution < 1.29 is 9.84 Å². The van der Waals surface area contributed by atoms with Gasteiger partial charge >= 0.3 is 0 Å². The molecule has 1 saturated heterocycles. The van der Waals surface area contributed by atoms with Crippen molar-refractivity contribution in [1.82, 2.24) is 15.1 Å². The van der Waals surface area contributed by atoms with Crippen LogP contribution >= 0.6 is 0 Å². The lowest BCUT2D eigenvalue weighted by atomic mass is 10.0. The number of nitrogens with zero attached hydrogens (tertiary/aromatic N) is 2. The topological polar surface area (TPSA) is 48.0 Å². The highest BCUT2D eigenvalue weighted by Crippen LogP contribution is 2.05. The summed E-state index contributed by atoms with van der Waals surface area (Å²) in [7, 11) is 0. The highest BCUT2D eigenvalue weighted by molar-refractivity contribution is 4.74. The monoisotopic (exact) mass is 259 g/mol. The fourth-order valence-electron chi connectivity index (χ4n) is 1.84. The molecule has 108 valence electrons. The number of hydrogen-bond donors (Lipinski definition) is 2. The Morgan fingerprint density at radius 1 is 1.17 bits per heavy atom. The highest BCUT2D eigenvalue weighted by atomic mass is 16.5. The molecule has 0 aliphatic carbocycles. The second-order valence-corrected chi connectivity index (χ2v) is 5.58. The quantitative estimate of drug-likeness (QED) is 0.614. The van der Waals surface area contributed by atoms with Gasteiger partial charge in [0, 0.05) is 38.3 Å². The molecule has 5 heteroatoms. The van der Waals surface area contributed by atoms with Crippen LogP contribution < -0.4 is 5.32 Å². The fourth-order valence-corrected chi connectivity index (χ4v) is 1.84. The van der Waals surface area contributed by atoms with Gasteiger partial charge in [0.05, 0.1) is 20.1 Å². The smallest absolute Gasteiger partial charge is 0.0991 e. The second-order valence-electron chi connectivity index (χ2n) is 5.58. The van der Waals surface area contributed by atoms with Crippen LogP contribution in [0.1, 0.15) is 27.2 Å². The van der Waals surface area contributed by atoms with Crippen LogP contribution in [0, 0.1) is 0 Å². The SMILES string of the molecule is CCC(C)(C)NCCOCN1CCN(CO)CC1. The highest BCUT2D eigenvalue weighted by Gasteiger charge is 2.16. The van der Waals surface area contributed by atoms with Gasteiger partial charge in [-0.15, -0.1) is 0 Å². The average Bonchev–Trinajstić information content (AvgIpc) is 2.39. The van der Waals surface area contributed by atoms with Crippen LogP contribution in [0.15, 0.2) is 0 Å². The number of aliphatic hydroxyl groups is 1. The average molecular weight is 259 g/mol. The van der Waals surface area contributed by atoms with E-state index >= 15 is 0 Å². The van der Waals surface area contributed by atoms with Crippen molar-refractivity contribution in [2.45, 2.75) is 32.7 Å². The molecule has 0 radical (unpaired) electrons. The van der Waals surface area contributed by atoms with Gasteiger partial charge in [0.2, 0.25) is 0 Å². The van der Waals surface area contributed by atoms with E-state index in [4.69, 9.17) is 9.84 Å². The second kappa shape index (κ2) is 8.07. The lowest BCUT2D eigenvalue weighted by Crippen LogP contribution is -2.47. The molecule has 0 saturated carbocycles. The summed E-state index contributed by atoms with van der Waals surface area (Å²) in [6.45, 7) is 13.0. The van der Waals surface area contributed by atoms with Crippen LogP contribution in [0.3, 0.4) is 0 Å². The molecular formula is C13H29N3O2. The Morgan fingerprint density at radius 3 is 2.33 bits per heavy atom. The Kier molecular flexibility index (Phi) is 7.11. The molecule has 0 bridgehead atoms. The molecule has 5 nitrogen and oxygen atoms in total. The van der Waals surface area contributed by atoms with Crippen molar-refractivity contribution in [2.24, 2.45) is 0 Å². The summed E-state index contributed by atoms with van der Waals surface area (Å²) in [5.74, 6) is 0. The van der Waals surface area contributed by atoms with Crippen molar-refractivity contribution in [2.75, 3.05) is 52.8 Å². The number of ether oxygens (including phenoxy) is 1. The summed E-state index contributed by atoms with van der Waals surface area (Å²) < 4.78 is 5.66. The maximum Gasteiger partial charge on any atom is 0.0991 e. The Labute approximate surface area is 111 Å². The lowest BCUT2D eigenvalue weighted by molar-refractivity contribution is -0.0143. The number of piperazine rings is 1. The first-order chi connectivity index (χ1) is 8.57. The largest absolute Gasteiger partial charge is 0.381 e. The van der Waals surface area contributed by atoms with Crippen molar-refractivity contribution >= 4 is 0 Å². The summed E-state index contributed by atoms with van der Waals surface area (Å²) in [6, 6.07) is 0. The molecule has 0 aromatic heterocycles. The number of hydrogen-bond acceptors (Lipinski definition) is 5. The first-order valence-corrected chi connectivity index (χ1v) is 6.96. The van der Waals surface area contributed by atoms with Crippen molar-refractivity contribution in [3.8, 4) is 0 Å². The maximum atomic E-state index is 8.99. The third-order valence-electron chi connectivity index (χ3n) is 3.67. The zero-order chi connectivity index (χ0) is 13.4. The Hall–Kier alpha value is -0.200. The molecule has 0 aromatic carbocycles. The molecule has 1 fully saturated rings. The van der Waals surface area contributed by atoms with E-state index in [1.54, 1.807) is 0 Å². The lowest BCUT2D eigenvalue weighted by Gasteiger charge is -2.33. The molecule has 18 heavy (non-hydrogen) atoms. The van der Waals surface area contributed by atoms with Gasteiger partial charge in [-0.1, -0.05) is 6.92 Å². The van der Waals surface area contributed by atoms with Gasteiger partial charge in [-0.3, -0.25) is 9.80 Å². The van der Waals surface area contributed by atoms with Crippen molar-refractivity contribution in [1.29, 1.82) is 0 Å². The van der Waals surface area contributed by atoms with Crippen LogP contribution in [-0.2, 0) is 4.74 Å². The molecule has 1 heterocycles. The molecule has 0 amide bonds. The van der Waals surface area contributed by atoms with Crippen LogP contribution in [0.25, 0.3) is 0 Å². The minimum absolute atomic E-state index is 0.171.